The Bertz CT molecular complexity index is 534. The van der Waals surface area contributed by atoms with Crippen LogP contribution < -0.4 is 11.1 Å². The molecule has 2 rings (SSSR count). The molecule has 6 heteroatoms. The van der Waals surface area contributed by atoms with Gasteiger partial charge < -0.3 is 11.1 Å². The van der Waals surface area contributed by atoms with Crippen LogP contribution in [-0.2, 0) is 0 Å². The lowest BCUT2D eigenvalue weighted by Crippen LogP contribution is -2.26. The van der Waals surface area contributed by atoms with Gasteiger partial charge in [-0.2, -0.15) is 5.10 Å². The number of amides is 1. The zero-order valence-corrected chi connectivity index (χ0v) is 9.66. The predicted octanol–water partition coefficient (Wildman–Crippen LogP) is 0.345. The van der Waals surface area contributed by atoms with Crippen molar-refractivity contribution in [3.8, 4) is 0 Å². The molecular weight excluding hydrogens is 218 g/mol. The first kappa shape index (κ1) is 11.5. The highest BCUT2D eigenvalue weighted by molar-refractivity contribution is 5.97. The van der Waals surface area contributed by atoms with Gasteiger partial charge in [-0.3, -0.25) is 9.89 Å². The summed E-state index contributed by atoms with van der Waals surface area (Å²) < 4.78 is 0. The zero-order valence-electron chi connectivity index (χ0n) is 9.66. The highest BCUT2D eigenvalue weighted by atomic mass is 16.1. The molecule has 90 valence electrons. The van der Waals surface area contributed by atoms with E-state index >= 15 is 0 Å². The van der Waals surface area contributed by atoms with Crippen LogP contribution in [0.2, 0.25) is 0 Å². The molecule has 4 N–H and O–H groups in total. The summed E-state index contributed by atoms with van der Waals surface area (Å²) in [5.74, 6) is -0.131. The van der Waals surface area contributed by atoms with E-state index in [1.165, 1.54) is 6.20 Å². The van der Waals surface area contributed by atoms with Crippen molar-refractivity contribution < 1.29 is 4.79 Å². The molecule has 0 aliphatic carbocycles. The predicted molar refractivity (Wildman–Crippen MR) is 64.6 cm³/mol. The fourth-order valence-electron chi connectivity index (χ4n) is 1.55. The van der Waals surface area contributed by atoms with E-state index in [1.54, 1.807) is 6.07 Å². The van der Waals surface area contributed by atoms with Crippen molar-refractivity contribution in [1.29, 1.82) is 0 Å². The minimum atomic E-state index is -0.131. The largest absolute Gasteiger partial charge is 0.352 e. The van der Waals surface area contributed by atoms with Gasteiger partial charge in [0.25, 0.3) is 5.91 Å². The Morgan fingerprint density at radius 1 is 1.59 bits per heavy atom. The maximum absolute atomic E-state index is 11.8. The fraction of sp³-hybridized carbons (Fsp3) is 0.364. The monoisotopic (exact) mass is 233 g/mol. The van der Waals surface area contributed by atoms with Crippen LogP contribution in [0.1, 0.15) is 22.5 Å². The van der Waals surface area contributed by atoms with Gasteiger partial charge in [-0.25, -0.2) is 4.98 Å². The Morgan fingerprint density at radius 3 is 3.18 bits per heavy atom. The quantitative estimate of drug-likeness (QED) is 0.663. The number of aromatic amines is 1. The number of carbonyl (C=O) groups is 1. The van der Waals surface area contributed by atoms with E-state index in [9.17, 15) is 4.79 Å². The lowest BCUT2D eigenvalue weighted by Gasteiger charge is -2.03. The van der Waals surface area contributed by atoms with Crippen molar-refractivity contribution in [2.24, 2.45) is 5.73 Å². The highest BCUT2D eigenvalue weighted by Crippen LogP contribution is 2.14. The van der Waals surface area contributed by atoms with Gasteiger partial charge in [0.1, 0.15) is 0 Å². The number of hydrogen-bond donors (Lipinski definition) is 3. The van der Waals surface area contributed by atoms with E-state index in [0.717, 1.165) is 17.5 Å². The number of aryl methyl sites for hydroxylation is 1. The molecule has 17 heavy (non-hydrogen) atoms. The van der Waals surface area contributed by atoms with Crippen molar-refractivity contribution in [1.82, 2.24) is 20.5 Å². The van der Waals surface area contributed by atoms with E-state index in [0.29, 0.717) is 24.3 Å². The lowest BCUT2D eigenvalue weighted by atomic mass is 10.2. The summed E-state index contributed by atoms with van der Waals surface area (Å²) in [5.41, 5.74) is 7.43. The van der Waals surface area contributed by atoms with E-state index in [1.807, 2.05) is 6.92 Å². The van der Waals surface area contributed by atoms with Crippen LogP contribution in [0.4, 0.5) is 0 Å². The van der Waals surface area contributed by atoms with E-state index in [-0.39, 0.29) is 5.91 Å². The van der Waals surface area contributed by atoms with Crippen LogP contribution in [-0.4, -0.2) is 34.2 Å². The average Bonchev–Trinajstić information content (AvgIpc) is 2.71. The van der Waals surface area contributed by atoms with Crippen LogP contribution in [0.3, 0.4) is 0 Å². The molecule has 0 bridgehead atoms. The topological polar surface area (TPSA) is 96.7 Å². The number of rotatable bonds is 4. The number of nitrogens with zero attached hydrogens (tertiary/aromatic N) is 2. The van der Waals surface area contributed by atoms with Gasteiger partial charge in [-0.1, -0.05) is 0 Å². The summed E-state index contributed by atoms with van der Waals surface area (Å²) in [6.07, 6.45) is 2.30. The number of pyridine rings is 1. The molecule has 2 heterocycles. The summed E-state index contributed by atoms with van der Waals surface area (Å²) >= 11 is 0. The second-order valence-electron chi connectivity index (χ2n) is 3.84. The fourth-order valence-corrected chi connectivity index (χ4v) is 1.55. The number of nitrogens with two attached hydrogens (primary N) is 1. The third-order valence-corrected chi connectivity index (χ3v) is 2.53. The Morgan fingerprint density at radius 2 is 2.41 bits per heavy atom. The van der Waals surface area contributed by atoms with Crippen LogP contribution >= 0.6 is 0 Å². The molecule has 0 radical (unpaired) electrons. The maximum Gasteiger partial charge on any atom is 0.252 e. The molecule has 2 aromatic heterocycles. The number of fused-ring (bicyclic) bond motifs is 1. The Hall–Kier alpha value is -1.95. The van der Waals surface area contributed by atoms with Gasteiger partial charge in [0, 0.05) is 23.8 Å². The van der Waals surface area contributed by atoms with E-state index < -0.39 is 0 Å². The lowest BCUT2D eigenvalue weighted by molar-refractivity contribution is 0.0953. The normalized spacial score (nSPS) is 10.7. The molecule has 6 nitrogen and oxygen atoms in total. The van der Waals surface area contributed by atoms with Crippen molar-refractivity contribution in [2.45, 2.75) is 13.3 Å². The third-order valence-electron chi connectivity index (χ3n) is 2.53. The number of hydrogen-bond acceptors (Lipinski definition) is 4. The molecule has 0 aliphatic heterocycles. The first-order chi connectivity index (χ1) is 8.22. The molecule has 0 unspecified atom stereocenters. The maximum atomic E-state index is 11.8. The molecule has 0 aliphatic rings. The Labute approximate surface area is 98.6 Å². The van der Waals surface area contributed by atoms with Crippen molar-refractivity contribution >= 4 is 16.9 Å². The van der Waals surface area contributed by atoms with Gasteiger partial charge in [0.15, 0.2) is 5.65 Å². The summed E-state index contributed by atoms with van der Waals surface area (Å²) in [6, 6.07) is 1.79. The summed E-state index contributed by atoms with van der Waals surface area (Å²) in [4.78, 5) is 15.9. The second-order valence-corrected chi connectivity index (χ2v) is 3.84. The van der Waals surface area contributed by atoms with Crippen molar-refractivity contribution in [3.63, 3.8) is 0 Å². The van der Waals surface area contributed by atoms with Gasteiger partial charge in [0.2, 0.25) is 0 Å². The van der Waals surface area contributed by atoms with Gasteiger partial charge in [-0.15, -0.1) is 0 Å². The summed E-state index contributed by atoms with van der Waals surface area (Å²) in [7, 11) is 0. The average molecular weight is 233 g/mol. The minimum absolute atomic E-state index is 0.131. The number of nitrogens with one attached hydrogen (secondary N) is 2. The van der Waals surface area contributed by atoms with Crippen LogP contribution in [0.25, 0.3) is 11.0 Å². The first-order valence-electron chi connectivity index (χ1n) is 5.51. The molecular formula is C11H15N5O. The zero-order chi connectivity index (χ0) is 12.3. The van der Waals surface area contributed by atoms with E-state index in [4.69, 9.17) is 5.73 Å². The van der Waals surface area contributed by atoms with Crippen molar-refractivity contribution in [2.75, 3.05) is 13.1 Å². The van der Waals surface area contributed by atoms with Crippen LogP contribution in [0, 0.1) is 6.92 Å². The number of aromatic nitrogens is 3. The van der Waals surface area contributed by atoms with Gasteiger partial charge in [-0.05, 0) is 26.0 Å². The molecule has 0 spiro atoms. The Kier molecular flexibility index (Phi) is 3.34. The minimum Gasteiger partial charge on any atom is -0.352 e. The number of carbonyl (C=O) groups excluding carboxylic acids is 1. The Balaban J connectivity index is 2.17. The SMILES string of the molecule is Cc1[nH]nc2ncc(C(=O)NCCCN)cc12. The molecule has 1 amide bonds. The van der Waals surface area contributed by atoms with E-state index in [2.05, 4.69) is 20.5 Å². The van der Waals surface area contributed by atoms with Crippen LogP contribution in [0.15, 0.2) is 12.3 Å². The standard InChI is InChI=1S/C11H15N5O/c1-7-9-5-8(6-14-10(9)16-15-7)11(17)13-4-2-3-12/h5-6H,2-4,12H2,1H3,(H,13,17)(H,14,15,16). The van der Waals surface area contributed by atoms with Crippen LogP contribution in [0.5, 0.6) is 0 Å². The molecule has 0 aromatic carbocycles. The molecule has 0 saturated heterocycles. The number of H-pyrrole nitrogens is 1. The molecule has 2 aromatic rings. The second kappa shape index (κ2) is 4.92. The van der Waals surface area contributed by atoms with Crippen molar-refractivity contribution in [3.05, 3.63) is 23.5 Å². The summed E-state index contributed by atoms with van der Waals surface area (Å²) in [5, 5.41) is 10.5. The smallest absolute Gasteiger partial charge is 0.252 e. The highest BCUT2D eigenvalue weighted by Gasteiger charge is 2.09. The van der Waals surface area contributed by atoms with Gasteiger partial charge in [0.05, 0.1) is 5.56 Å². The first-order valence-corrected chi connectivity index (χ1v) is 5.51. The third kappa shape index (κ3) is 2.42. The molecule has 0 fully saturated rings. The summed E-state index contributed by atoms with van der Waals surface area (Å²) in [6.45, 7) is 3.04. The molecule has 0 atom stereocenters. The molecule has 0 saturated carbocycles. The van der Waals surface area contributed by atoms with Gasteiger partial charge >= 0.3 is 0 Å².